The van der Waals surface area contributed by atoms with E-state index >= 15 is 0 Å². The van der Waals surface area contributed by atoms with Gasteiger partial charge in [-0.2, -0.15) is 0 Å². The molecule has 2 nitrogen and oxygen atoms in total. The molecule has 1 aromatic heterocycles. The normalized spacial score (nSPS) is 10.2. The fourth-order valence-electron chi connectivity index (χ4n) is 1.43. The highest BCUT2D eigenvalue weighted by Crippen LogP contribution is 2.23. The van der Waals surface area contributed by atoms with E-state index in [-0.39, 0.29) is 0 Å². The van der Waals surface area contributed by atoms with Gasteiger partial charge in [0.1, 0.15) is 10.9 Å². The van der Waals surface area contributed by atoms with E-state index in [1.54, 1.807) is 7.11 Å². The summed E-state index contributed by atoms with van der Waals surface area (Å²) in [5, 5.41) is 0.549. The zero-order valence-corrected chi connectivity index (χ0v) is 9.95. The lowest BCUT2D eigenvalue weighted by atomic mass is 10.1. The molecule has 0 saturated carbocycles. The number of pyridine rings is 1. The van der Waals surface area contributed by atoms with Crippen molar-refractivity contribution < 1.29 is 4.74 Å². The number of benzene rings is 1. The van der Waals surface area contributed by atoms with Crippen LogP contribution in [0.15, 0.2) is 36.4 Å². The molecule has 16 heavy (non-hydrogen) atoms. The predicted molar refractivity (Wildman–Crippen MR) is 66.0 cm³/mol. The third-order valence-corrected chi connectivity index (χ3v) is 2.80. The molecule has 0 atom stereocenters. The first kappa shape index (κ1) is 11.0. The van der Waals surface area contributed by atoms with E-state index in [0.29, 0.717) is 5.15 Å². The van der Waals surface area contributed by atoms with E-state index in [2.05, 4.69) is 4.98 Å². The van der Waals surface area contributed by atoms with Crippen LogP contribution in [0.25, 0.3) is 11.3 Å². The quantitative estimate of drug-likeness (QED) is 0.738. The van der Waals surface area contributed by atoms with Crippen LogP contribution in [0.5, 0.6) is 5.75 Å². The van der Waals surface area contributed by atoms with E-state index in [4.69, 9.17) is 16.3 Å². The van der Waals surface area contributed by atoms with Crippen LogP contribution >= 0.6 is 11.6 Å². The van der Waals surface area contributed by atoms with Crippen LogP contribution in [-0.2, 0) is 0 Å². The molecule has 0 radical (unpaired) electrons. The Bertz CT molecular complexity index is 494. The Hall–Kier alpha value is -1.54. The minimum atomic E-state index is 0.549. The van der Waals surface area contributed by atoms with Crippen molar-refractivity contribution in [3.63, 3.8) is 0 Å². The van der Waals surface area contributed by atoms with Gasteiger partial charge < -0.3 is 4.74 Å². The second kappa shape index (κ2) is 4.54. The summed E-state index contributed by atoms with van der Waals surface area (Å²) in [5.74, 6) is 0.835. The molecular weight excluding hydrogens is 222 g/mol. The second-order valence-electron chi connectivity index (χ2n) is 3.53. The van der Waals surface area contributed by atoms with Gasteiger partial charge in [0.05, 0.1) is 12.8 Å². The van der Waals surface area contributed by atoms with Crippen LogP contribution in [0.2, 0.25) is 5.15 Å². The van der Waals surface area contributed by atoms with Crippen LogP contribution in [0.3, 0.4) is 0 Å². The molecule has 0 aliphatic carbocycles. The minimum Gasteiger partial charge on any atom is -0.497 e. The van der Waals surface area contributed by atoms with Crippen molar-refractivity contribution in [1.29, 1.82) is 0 Å². The second-order valence-corrected chi connectivity index (χ2v) is 3.89. The van der Waals surface area contributed by atoms with Crippen LogP contribution in [0.1, 0.15) is 5.56 Å². The predicted octanol–water partition coefficient (Wildman–Crippen LogP) is 3.72. The summed E-state index contributed by atoms with van der Waals surface area (Å²) in [4.78, 5) is 4.32. The minimum absolute atomic E-state index is 0.549. The fourth-order valence-corrected chi connectivity index (χ4v) is 1.58. The topological polar surface area (TPSA) is 22.1 Å². The maximum absolute atomic E-state index is 5.99. The number of nitrogens with zero attached hydrogens (tertiary/aromatic N) is 1. The van der Waals surface area contributed by atoms with Crippen LogP contribution in [-0.4, -0.2) is 12.1 Å². The summed E-state index contributed by atoms with van der Waals surface area (Å²) >= 11 is 5.99. The maximum atomic E-state index is 5.99. The highest BCUT2D eigenvalue weighted by Gasteiger charge is 2.02. The first-order valence-electron chi connectivity index (χ1n) is 4.98. The Morgan fingerprint density at radius 2 is 1.75 bits per heavy atom. The molecule has 3 heteroatoms. The third kappa shape index (κ3) is 2.17. The number of hydrogen-bond donors (Lipinski definition) is 0. The maximum Gasteiger partial charge on any atom is 0.132 e. The standard InChI is InChI=1S/C13H12ClNO/c1-9-3-8-12(15-13(9)14)10-4-6-11(16-2)7-5-10/h3-8H,1-2H3. The number of aryl methyl sites for hydroxylation is 1. The first-order valence-corrected chi connectivity index (χ1v) is 5.36. The number of rotatable bonds is 2. The average molecular weight is 234 g/mol. The van der Waals surface area contributed by atoms with Gasteiger partial charge >= 0.3 is 0 Å². The Balaban J connectivity index is 2.38. The lowest BCUT2D eigenvalue weighted by Crippen LogP contribution is -1.87. The van der Waals surface area contributed by atoms with Crippen LogP contribution in [0.4, 0.5) is 0 Å². The molecule has 0 unspecified atom stereocenters. The van der Waals surface area contributed by atoms with Crippen LogP contribution in [0, 0.1) is 6.92 Å². The van der Waals surface area contributed by atoms with Crippen molar-refractivity contribution in [2.75, 3.05) is 7.11 Å². The van der Waals surface area contributed by atoms with Gasteiger partial charge in [-0.3, -0.25) is 0 Å². The van der Waals surface area contributed by atoms with Gasteiger partial charge in [0.15, 0.2) is 0 Å². The summed E-state index contributed by atoms with van der Waals surface area (Å²) in [6.07, 6.45) is 0. The lowest BCUT2D eigenvalue weighted by molar-refractivity contribution is 0.415. The Labute approximate surface area is 99.9 Å². The molecule has 0 aliphatic rings. The number of aromatic nitrogens is 1. The zero-order chi connectivity index (χ0) is 11.5. The van der Waals surface area contributed by atoms with Gasteiger partial charge in [-0.15, -0.1) is 0 Å². The molecule has 2 rings (SSSR count). The molecule has 0 spiro atoms. The highest BCUT2D eigenvalue weighted by molar-refractivity contribution is 6.30. The molecule has 0 fully saturated rings. The molecule has 1 aromatic carbocycles. The molecule has 0 N–H and O–H groups in total. The van der Waals surface area contributed by atoms with Crippen molar-refractivity contribution in [3.05, 3.63) is 47.1 Å². The number of methoxy groups -OCH3 is 1. The SMILES string of the molecule is COc1ccc(-c2ccc(C)c(Cl)n2)cc1. The largest absolute Gasteiger partial charge is 0.497 e. The smallest absolute Gasteiger partial charge is 0.132 e. The Morgan fingerprint density at radius 1 is 1.06 bits per heavy atom. The lowest BCUT2D eigenvalue weighted by Gasteiger charge is -2.04. The van der Waals surface area contributed by atoms with E-state index in [9.17, 15) is 0 Å². The summed E-state index contributed by atoms with van der Waals surface area (Å²) < 4.78 is 5.10. The van der Waals surface area contributed by atoms with E-state index in [1.807, 2.05) is 43.3 Å². The number of hydrogen-bond acceptors (Lipinski definition) is 2. The van der Waals surface area contributed by atoms with Crippen molar-refractivity contribution in [3.8, 4) is 17.0 Å². The average Bonchev–Trinajstić information content (AvgIpc) is 2.33. The number of ether oxygens (including phenoxy) is 1. The van der Waals surface area contributed by atoms with Crippen LogP contribution < -0.4 is 4.74 Å². The monoisotopic (exact) mass is 233 g/mol. The fraction of sp³-hybridized carbons (Fsp3) is 0.154. The van der Waals surface area contributed by atoms with Gasteiger partial charge in [-0.25, -0.2) is 4.98 Å². The molecule has 0 bridgehead atoms. The Morgan fingerprint density at radius 3 is 2.31 bits per heavy atom. The van der Waals surface area contributed by atoms with Crippen molar-refractivity contribution >= 4 is 11.6 Å². The zero-order valence-electron chi connectivity index (χ0n) is 9.20. The summed E-state index contributed by atoms with van der Waals surface area (Å²) in [6.45, 7) is 1.94. The van der Waals surface area contributed by atoms with Crippen molar-refractivity contribution in [2.45, 2.75) is 6.92 Å². The molecule has 0 aliphatic heterocycles. The molecule has 0 saturated heterocycles. The molecule has 2 aromatic rings. The highest BCUT2D eigenvalue weighted by atomic mass is 35.5. The number of halogens is 1. The third-order valence-electron chi connectivity index (χ3n) is 2.42. The van der Waals surface area contributed by atoms with E-state index in [0.717, 1.165) is 22.6 Å². The van der Waals surface area contributed by atoms with Gasteiger partial charge in [0.25, 0.3) is 0 Å². The first-order chi connectivity index (χ1) is 7.70. The molecule has 1 heterocycles. The molecule has 82 valence electrons. The summed E-state index contributed by atoms with van der Waals surface area (Å²) in [5.41, 5.74) is 2.89. The Kier molecular flexibility index (Phi) is 3.11. The molecular formula is C13H12ClNO. The van der Waals surface area contributed by atoms with Crippen molar-refractivity contribution in [2.24, 2.45) is 0 Å². The van der Waals surface area contributed by atoms with E-state index < -0.39 is 0 Å². The van der Waals surface area contributed by atoms with Gasteiger partial charge in [-0.1, -0.05) is 17.7 Å². The van der Waals surface area contributed by atoms with Gasteiger partial charge in [0, 0.05) is 5.56 Å². The van der Waals surface area contributed by atoms with Gasteiger partial charge in [0.2, 0.25) is 0 Å². The van der Waals surface area contributed by atoms with E-state index in [1.165, 1.54) is 0 Å². The van der Waals surface area contributed by atoms with Crippen molar-refractivity contribution in [1.82, 2.24) is 4.98 Å². The summed E-state index contributed by atoms with van der Waals surface area (Å²) in [6, 6.07) is 11.7. The van der Waals surface area contributed by atoms with Gasteiger partial charge in [-0.05, 0) is 42.8 Å². The summed E-state index contributed by atoms with van der Waals surface area (Å²) in [7, 11) is 1.65. The molecule has 0 amide bonds.